The van der Waals surface area contributed by atoms with Gasteiger partial charge < -0.3 is 11.1 Å². The molecule has 0 bridgehead atoms. The van der Waals surface area contributed by atoms with Crippen molar-refractivity contribution >= 4 is 21.2 Å². The van der Waals surface area contributed by atoms with Crippen molar-refractivity contribution < 1.29 is 12.8 Å². The van der Waals surface area contributed by atoms with E-state index in [1.807, 2.05) is 0 Å². The highest BCUT2D eigenvalue weighted by Crippen LogP contribution is 2.23. The highest BCUT2D eigenvalue weighted by atomic mass is 32.2. The second-order valence-electron chi connectivity index (χ2n) is 4.59. The molecule has 1 aromatic carbocycles. The Balaban J connectivity index is 2.85. The number of anilines is 2. The van der Waals surface area contributed by atoms with Gasteiger partial charge in [-0.05, 0) is 26.0 Å². The second kappa shape index (κ2) is 4.52. The molecule has 0 aliphatic rings. The molecule has 6 heteroatoms. The molecule has 0 atom stereocenters. The quantitative estimate of drug-likeness (QED) is 0.807. The second-order valence-corrected chi connectivity index (χ2v) is 7.24. The van der Waals surface area contributed by atoms with Crippen LogP contribution in [0.4, 0.5) is 15.8 Å². The first kappa shape index (κ1) is 13.8. The van der Waals surface area contributed by atoms with Crippen molar-refractivity contribution in [1.82, 2.24) is 0 Å². The van der Waals surface area contributed by atoms with Crippen molar-refractivity contribution in [1.29, 1.82) is 0 Å². The number of nitrogens with two attached hydrogens (primary N) is 1. The van der Waals surface area contributed by atoms with Crippen LogP contribution in [-0.2, 0) is 9.84 Å². The first-order valence-corrected chi connectivity index (χ1v) is 7.02. The van der Waals surface area contributed by atoms with Crippen LogP contribution in [0.5, 0.6) is 0 Å². The van der Waals surface area contributed by atoms with E-state index in [0.29, 0.717) is 5.69 Å². The summed E-state index contributed by atoms with van der Waals surface area (Å²) >= 11 is 0. The van der Waals surface area contributed by atoms with E-state index >= 15 is 0 Å². The number of nitrogens with one attached hydrogen (secondary N) is 1. The lowest BCUT2D eigenvalue weighted by Crippen LogP contribution is -2.38. The van der Waals surface area contributed by atoms with Crippen molar-refractivity contribution in [2.45, 2.75) is 18.6 Å². The zero-order chi connectivity index (χ0) is 13.3. The van der Waals surface area contributed by atoms with Gasteiger partial charge in [-0.25, -0.2) is 12.8 Å². The number of halogens is 1. The molecular formula is C11H17FN2O2S. The molecule has 1 rings (SSSR count). The molecule has 1 aromatic rings. The molecule has 0 saturated carbocycles. The van der Waals surface area contributed by atoms with Crippen LogP contribution in [0.25, 0.3) is 0 Å². The average Bonchev–Trinajstić information content (AvgIpc) is 2.18. The highest BCUT2D eigenvalue weighted by molar-refractivity contribution is 7.92. The summed E-state index contributed by atoms with van der Waals surface area (Å²) in [4.78, 5) is 0. The van der Waals surface area contributed by atoms with E-state index < -0.39 is 20.4 Å². The smallest absolute Gasteiger partial charge is 0.154 e. The molecule has 0 spiro atoms. The third-order valence-corrected chi connectivity index (χ3v) is 4.91. The summed E-state index contributed by atoms with van der Waals surface area (Å²) in [6.07, 6.45) is 1.17. The van der Waals surface area contributed by atoms with E-state index in [0.717, 1.165) is 0 Å². The fourth-order valence-corrected chi connectivity index (χ4v) is 1.46. The Morgan fingerprint density at radius 2 is 2.00 bits per heavy atom. The summed E-state index contributed by atoms with van der Waals surface area (Å²) < 4.78 is 35.2. The van der Waals surface area contributed by atoms with Crippen molar-refractivity contribution in [2.75, 3.05) is 23.9 Å². The van der Waals surface area contributed by atoms with Crippen LogP contribution in [0.3, 0.4) is 0 Å². The van der Waals surface area contributed by atoms with E-state index in [9.17, 15) is 12.8 Å². The van der Waals surface area contributed by atoms with Gasteiger partial charge in [-0.2, -0.15) is 0 Å². The molecule has 0 radical (unpaired) electrons. The van der Waals surface area contributed by atoms with Gasteiger partial charge in [-0.15, -0.1) is 0 Å². The zero-order valence-corrected chi connectivity index (χ0v) is 10.9. The highest BCUT2D eigenvalue weighted by Gasteiger charge is 2.30. The maximum absolute atomic E-state index is 13.1. The molecule has 96 valence electrons. The van der Waals surface area contributed by atoms with Gasteiger partial charge in [0.1, 0.15) is 5.82 Å². The first-order chi connectivity index (χ1) is 7.65. The molecular weight excluding hydrogens is 243 g/mol. The minimum Gasteiger partial charge on any atom is -0.395 e. The van der Waals surface area contributed by atoms with Gasteiger partial charge in [-0.3, -0.25) is 0 Å². The standard InChI is InChI=1S/C11H17FN2O2S/c1-11(2,17(3,15)16)7-14-9-6-4-5-8(12)10(9)13/h4-6,14H,7,13H2,1-3H3. The topological polar surface area (TPSA) is 72.2 Å². The molecule has 0 amide bonds. The Morgan fingerprint density at radius 1 is 1.41 bits per heavy atom. The lowest BCUT2D eigenvalue weighted by molar-refractivity contribution is 0.560. The van der Waals surface area contributed by atoms with Crippen LogP contribution in [0.1, 0.15) is 13.8 Å². The predicted molar refractivity (Wildman–Crippen MR) is 68.2 cm³/mol. The lowest BCUT2D eigenvalue weighted by atomic mass is 10.2. The van der Waals surface area contributed by atoms with E-state index in [1.165, 1.54) is 18.4 Å². The van der Waals surface area contributed by atoms with Crippen molar-refractivity contribution in [3.05, 3.63) is 24.0 Å². The number of rotatable bonds is 4. The fourth-order valence-electron chi connectivity index (χ4n) is 1.13. The number of benzene rings is 1. The van der Waals surface area contributed by atoms with Gasteiger partial charge in [0.25, 0.3) is 0 Å². The first-order valence-electron chi connectivity index (χ1n) is 5.12. The molecule has 3 N–H and O–H groups in total. The molecule has 4 nitrogen and oxygen atoms in total. The number of para-hydroxylation sites is 1. The summed E-state index contributed by atoms with van der Waals surface area (Å²) in [7, 11) is -3.19. The molecule has 17 heavy (non-hydrogen) atoms. The number of nitrogen functional groups attached to an aromatic ring is 1. The average molecular weight is 260 g/mol. The molecule has 0 unspecified atom stereocenters. The van der Waals surface area contributed by atoms with Gasteiger partial charge in [0.15, 0.2) is 9.84 Å². The molecule has 0 aliphatic heterocycles. The Kier molecular flexibility index (Phi) is 3.66. The number of sulfone groups is 1. The van der Waals surface area contributed by atoms with Crippen molar-refractivity contribution in [3.8, 4) is 0 Å². The van der Waals surface area contributed by atoms with Gasteiger partial charge in [-0.1, -0.05) is 6.07 Å². The molecule has 0 heterocycles. The SMILES string of the molecule is CC(C)(CNc1cccc(F)c1N)S(C)(=O)=O. The Bertz CT molecular complexity index is 512. The third-order valence-electron chi connectivity index (χ3n) is 2.76. The summed E-state index contributed by atoms with van der Waals surface area (Å²) in [6, 6.07) is 4.38. The van der Waals surface area contributed by atoms with E-state index in [4.69, 9.17) is 5.73 Å². The van der Waals surface area contributed by atoms with Gasteiger partial charge >= 0.3 is 0 Å². The van der Waals surface area contributed by atoms with Gasteiger partial charge in [0.05, 0.1) is 16.1 Å². The van der Waals surface area contributed by atoms with Crippen LogP contribution in [0, 0.1) is 5.82 Å². The van der Waals surface area contributed by atoms with Crippen LogP contribution in [0.2, 0.25) is 0 Å². The maximum atomic E-state index is 13.1. The van der Waals surface area contributed by atoms with Crippen molar-refractivity contribution in [3.63, 3.8) is 0 Å². The monoisotopic (exact) mass is 260 g/mol. The molecule has 0 fully saturated rings. The van der Waals surface area contributed by atoms with E-state index in [1.54, 1.807) is 19.9 Å². The molecule has 0 saturated heterocycles. The minimum absolute atomic E-state index is 0.00296. The Labute approximate surface area is 101 Å². The summed E-state index contributed by atoms with van der Waals surface area (Å²) in [5.74, 6) is -0.521. The van der Waals surface area contributed by atoms with Gasteiger partial charge in [0.2, 0.25) is 0 Å². The fraction of sp³-hybridized carbons (Fsp3) is 0.455. The summed E-state index contributed by atoms with van der Waals surface area (Å²) in [5.41, 5.74) is 5.94. The minimum atomic E-state index is -3.19. The summed E-state index contributed by atoms with van der Waals surface area (Å²) in [6.45, 7) is 3.37. The maximum Gasteiger partial charge on any atom is 0.154 e. The van der Waals surface area contributed by atoms with E-state index in [2.05, 4.69) is 5.32 Å². The zero-order valence-electron chi connectivity index (χ0n) is 10.1. The van der Waals surface area contributed by atoms with Gasteiger partial charge in [0, 0.05) is 12.8 Å². The Morgan fingerprint density at radius 3 is 2.53 bits per heavy atom. The van der Waals surface area contributed by atoms with Crippen molar-refractivity contribution in [2.24, 2.45) is 0 Å². The third kappa shape index (κ3) is 3.09. The van der Waals surface area contributed by atoms with Crippen LogP contribution < -0.4 is 11.1 Å². The predicted octanol–water partition coefficient (Wildman–Crippen LogP) is 1.64. The molecule has 0 aliphatic carbocycles. The van der Waals surface area contributed by atoms with Crippen LogP contribution in [0.15, 0.2) is 18.2 Å². The van der Waals surface area contributed by atoms with Crippen LogP contribution in [-0.4, -0.2) is 26.0 Å². The summed E-state index contributed by atoms with van der Waals surface area (Å²) in [5, 5.41) is 2.86. The lowest BCUT2D eigenvalue weighted by Gasteiger charge is -2.23. The van der Waals surface area contributed by atoms with Crippen LogP contribution >= 0.6 is 0 Å². The van der Waals surface area contributed by atoms with E-state index in [-0.39, 0.29) is 12.2 Å². The largest absolute Gasteiger partial charge is 0.395 e. The Hall–Kier alpha value is -1.30. The normalized spacial score (nSPS) is 12.5. The molecule has 0 aromatic heterocycles. The number of hydrogen-bond acceptors (Lipinski definition) is 4. The number of hydrogen-bond donors (Lipinski definition) is 2.